The van der Waals surface area contributed by atoms with Crippen molar-refractivity contribution in [2.45, 2.75) is 32.1 Å². The maximum Gasteiger partial charge on any atom is 0.313 e. The molecule has 0 fully saturated rings. The van der Waals surface area contributed by atoms with Gasteiger partial charge in [0.2, 0.25) is 0 Å². The second-order valence-corrected chi connectivity index (χ2v) is 5.04. The summed E-state index contributed by atoms with van der Waals surface area (Å²) in [6, 6.07) is 2.14. The number of esters is 1. The van der Waals surface area contributed by atoms with Crippen LogP contribution in [0.4, 0.5) is 0 Å². The second kappa shape index (κ2) is 3.73. The Morgan fingerprint density at radius 1 is 1.64 bits per heavy atom. The molecule has 3 heteroatoms. The Morgan fingerprint density at radius 2 is 2.43 bits per heavy atom. The fourth-order valence-electron chi connectivity index (χ4n) is 2.08. The second-order valence-electron chi connectivity index (χ2n) is 3.70. The Kier molecular flexibility index (Phi) is 2.59. The van der Waals surface area contributed by atoms with Crippen LogP contribution in [0.5, 0.6) is 0 Å². The Bertz CT molecular complexity index is 354. The first-order chi connectivity index (χ1) is 6.72. The molecule has 0 unspecified atom stereocenters. The fraction of sp³-hybridized carbons (Fsp3) is 0.545. The van der Waals surface area contributed by atoms with Crippen LogP contribution < -0.4 is 0 Å². The molecule has 0 saturated carbocycles. The van der Waals surface area contributed by atoms with Crippen LogP contribution in [0, 0.1) is 6.92 Å². The molecular weight excluding hydrogens is 196 g/mol. The van der Waals surface area contributed by atoms with Crippen molar-refractivity contribution in [2.24, 2.45) is 0 Å². The van der Waals surface area contributed by atoms with Gasteiger partial charge in [0.15, 0.2) is 0 Å². The number of carbonyl (C=O) groups excluding carboxylic acids is 1. The normalized spacial score (nSPS) is 20.3. The molecule has 0 amide bonds. The predicted molar refractivity (Wildman–Crippen MR) is 56.8 cm³/mol. The summed E-state index contributed by atoms with van der Waals surface area (Å²) in [6.45, 7) is 2.09. The SMILES string of the molecule is COC(=O)[C@H]1CCCc2sc(C)cc21. The highest BCUT2D eigenvalue weighted by atomic mass is 32.1. The van der Waals surface area contributed by atoms with E-state index in [1.54, 1.807) is 0 Å². The van der Waals surface area contributed by atoms with Gasteiger partial charge in [0.05, 0.1) is 13.0 Å². The van der Waals surface area contributed by atoms with Crippen molar-refractivity contribution >= 4 is 17.3 Å². The number of ether oxygens (including phenoxy) is 1. The molecule has 1 aromatic rings. The van der Waals surface area contributed by atoms with Crippen molar-refractivity contribution in [3.05, 3.63) is 21.4 Å². The average molecular weight is 210 g/mol. The van der Waals surface area contributed by atoms with Crippen LogP contribution in [-0.4, -0.2) is 13.1 Å². The van der Waals surface area contributed by atoms with Gasteiger partial charge in [-0.2, -0.15) is 0 Å². The van der Waals surface area contributed by atoms with Gasteiger partial charge in [0.1, 0.15) is 0 Å². The van der Waals surface area contributed by atoms with E-state index in [1.165, 1.54) is 22.4 Å². The third-order valence-electron chi connectivity index (χ3n) is 2.72. The molecule has 2 rings (SSSR count). The van der Waals surface area contributed by atoms with Crippen LogP contribution in [0.3, 0.4) is 0 Å². The van der Waals surface area contributed by atoms with E-state index in [9.17, 15) is 4.79 Å². The molecule has 1 atom stereocenters. The number of rotatable bonds is 1. The molecule has 0 aromatic carbocycles. The lowest BCUT2D eigenvalue weighted by molar-refractivity contribution is -0.142. The minimum atomic E-state index is -0.0799. The predicted octanol–water partition coefficient (Wildman–Crippen LogP) is 2.65. The van der Waals surface area contributed by atoms with Crippen molar-refractivity contribution in [2.75, 3.05) is 7.11 Å². The monoisotopic (exact) mass is 210 g/mol. The number of methoxy groups -OCH3 is 1. The zero-order valence-corrected chi connectivity index (χ0v) is 9.32. The van der Waals surface area contributed by atoms with Gasteiger partial charge >= 0.3 is 5.97 Å². The Hall–Kier alpha value is -0.830. The average Bonchev–Trinajstić information content (AvgIpc) is 2.56. The van der Waals surface area contributed by atoms with E-state index in [-0.39, 0.29) is 11.9 Å². The molecule has 0 N–H and O–H groups in total. The Labute approximate surface area is 87.9 Å². The van der Waals surface area contributed by atoms with Crippen molar-refractivity contribution in [3.8, 4) is 0 Å². The molecule has 0 aliphatic heterocycles. The van der Waals surface area contributed by atoms with E-state index in [0.717, 1.165) is 19.3 Å². The summed E-state index contributed by atoms with van der Waals surface area (Å²) >= 11 is 1.81. The molecule has 1 aliphatic carbocycles. The molecule has 14 heavy (non-hydrogen) atoms. The third-order valence-corrected chi connectivity index (χ3v) is 3.85. The van der Waals surface area contributed by atoms with E-state index in [4.69, 9.17) is 4.74 Å². The molecule has 0 spiro atoms. The van der Waals surface area contributed by atoms with Gasteiger partial charge < -0.3 is 4.74 Å². The van der Waals surface area contributed by atoms with Gasteiger partial charge in [-0.3, -0.25) is 4.79 Å². The molecule has 76 valence electrons. The highest BCUT2D eigenvalue weighted by Crippen LogP contribution is 2.37. The summed E-state index contributed by atoms with van der Waals surface area (Å²) < 4.78 is 4.82. The molecule has 2 nitrogen and oxygen atoms in total. The molecule has 0 bridgehead atoms. The first kappa shape index (κ1) is 9.71. The fourth-order valence-corrected chi connectivity index (χ4v) is 3.22. The zero-order chi connectivity index (χ0) is 10.1. The zero-order valence-electron chi connectivity index (χ0n) is 8.50. The lowest BCUT2D eigenvalue weighted by atomic mass is 9.88. The number of thiophene rings is 1. The van der Waals surface area contributed by atoms with Gasteiger partial charge in [-0.15, -0.1) is 11.3 Å². The molecule has 1 aliphatic rings. The van der Waals surface area contributed by atoms with Crippen LogP contribution in [0.2, 0.25) is 0 Å². The highest BCUT2D eigenvalue weighted by Gasteiger charge is 2.28. The molecule has 0 radical (unpaired) electrons. The van der Waals surface area contributed by atoms with Crippen molar-refractivity contribution in [1.82, 2.24) is 0 Å². The number of hydrogen-bond acceptors (Lipinski definition) is 3. The van der Waals surface area contributed by atoms with Crippen molar-refractivity contribution < 1.29 is 9.53 Å². The minimum Gasteiger partial charge on any atom is -0.469 e. The summed E-state index contributed by atoms with van der Waals surface area (Å²) in [4.78, 5) is 14.2. The van der Waals surface area contributed by atoms with Gasteiger partial charge in [0, 0.05) is 9.75 Å². The topological polar surface area (TPSA) is 26.3 Å². The van der Waals surface area contributed by atoms with E-state index < -0.39 is 0 Å². The number of hydrogen-bond donors (Lipinski definition) is 0. The summed E-state index contributed by atoms with van der Waals surface area (Å²) in [7, 11) is 1.47. The van der Waals surface area contributed by atoms with Gasteiger partial charge in [-0.25, -0.2) is 0 Å². The lowest BCUT2D eigenvalue weighted by Crippen LogP contribution is -2.18. The van der Waals surface area contributed by atoms with Crippen LogP contribution in [-0.2, 0) is 16.0 Å². The molecule has 1 aromatic heterocycles. The summed E-state index contributed by atoms with van der Waals surface area (Å²) in [6.07, 6.45) is 3.17. The van der Waals surface area contributed by atoms with Crippen LogP contribution >= 0.6 is 11.3 Å². The third kappa shape index (κ3) is 1.57. The standard InChI is InChI=1S/C11H14O2S/c1-7-6-9-8(11(12)13-2)4-3-5-10(9)14-7/h6,8H,3-5H2,1-2H3/t8-/m0/s1. The molecule has 0 saturated heterocycles. The minimum absolute atomic E-state index is 0.00583. The van der Waals surface area contributed by atoms with E-state index in [0.29, 0.717) is 0 Å². The maximum absolute atomic E-state index is 11.5. The van der Waals surface area contributed by atoms with Crippen LogP contribution in [0.1, 0.15) is 34.1 Å². The lowest BCUT2D eigenvalue weighted by Gasteiger charge is -2.19. The first-order valence-electron chi connectivity index (χ1n) is 4.89. The summed E-state index contributed by atoms with van der Waals surface area (Å²) in [5, 5.41) is 0. The smallest absolute Gasteiger partial charge is 0.313 e. The Balaban J connectivity index is 2.34. The van der Waals surface area contributed by atoms with Crippen molar-refractivity contribution in [1.29, 1.82) is 0 Å². The van der Waals surface area contributed by atoms with Gasteiger partial charge in [0.25, 0.3) is 0 Å². The largest absolute Gasteiger partial charge is 0.469 e. The van der Waals surface area contributed by atoms with Crippen LogP contribution in [0.15, 0.2) is 6.07 Å². The van der Waals surface area contributed by atoms with E-state index in [1.807, 2.05) is 11.3 Å². The summed E-state index contributed by atoms with van der Waals surface area (Å²) in [5.74, 6) is -0.0857. The number of aryl methyl sites for hydroxylation is 2. The Morgan fingerprint density at radius 3 is 3.14 bits per heavy atom. The van der Waals surface area contributed by atoms with Crippen LogP contribution in [0.25, 0.3) is 0 Å². The maximum atomic E-state index is 11.5. The van der Waals surface area contributed by atoms with Gasteiger partial charge in [-0.05, 0) is 37.8 Å². The quantitative estimate of drug-likeness (QED) is 0.666. The summed E-state index contributed by atoms with van der Waals surface area (Å²) in [5.41, 5.74) is 1.21. The number of carbonyl (C=O) groups is 1. The van der Waals surface area contributed by atoms with Crippen molar-refractivity contribution in [3.63, 3.8) is 0 Å². The van der Waals surface area contributed by atoms with Gasteiger partial charge in [-0.1, -0.05) is 0 Å². The highest BCUT2D eigenvalue weighted by molar-refractivity contribution is 7.12. The molecule has 1 heterocycles. The van der Waals surface area contributed by atoms with E-state index >= 15 is 0 Å². The first-order valence-corrected chi connectivity index (χ1v) is 5.71. The molecular formula is C11H14O2S. The number of fused-ring (bicyclic) bond motifs is 1. The van der Waals surface area contributed by atoms with E-state index in [2.05, 4.69) is 13.0 Å².